The second kappa shape index (κ2) is 11.9. The number of hydrogen-bond acceptors (Lipinski definition) is 3. The summed E-state index contributed by atoms with van der Waals surface area (Å²) in [6, 6.07) is 50.0. The standard InChI is InChI=1S/C31H17N4O.C14H11N2.Ir/c1-34-24-12-5-3-10-22(24)33-31(34)21-9-6-8-17-18-13-14-25-26(30(18)36-29(17)21)20-15-16-32-27-19-7-2-4-11-23(19)35(25)28(20)27;1-15-11-16(12-7-3-2-4-8-12)14-10-6-5-9-13(14)15;/h2-8,10-16H,1H3;2-7,9-10H,1H3;/q2*-1;+3. The molecule has 0 bridgehead atoms. The van der Waals surface area contributed by atoms with Gasteiger partial charge in [-0.3, -0.25) is 9.97 Å². The van der Waals surface area contributed by atoms with Gasteiger partial charge in [0.1, 0.15) is 5.58 Å². The molecule has 7 nitrogen and oxygen atoms in total. The first-order chi connectivity index (χ1) is 25.7. The van der Waals surface area contributed by atoms with Gasteiger partial charge in [-0.2, -0.15) is 30.3 Å². The molecule has 0 saturated carbocycles. The van der Waals surface area contributed by atoms with Crippen LogP contribution in [0.3, 0.4) is 0 Å². The normalized spacial score (nSPS) is 11.8. The number of nitrogens with zero attached hydrogens (tertiary/aromatic N) is 6. The number of benzene rings is 6. The molecule has 0 amide bonds. The monoisotopic (exact) mass is 861 g/mol. The molecule has 0 radical (unpaired) electrons. The molecule has 6 heterocycles. The number of hydrogen-bond donors (Lipinski definition) is 0. The maximum atomic E-state index is 6.76. The predicted molar refractivity (Wildman–Crippen MR) is 207 cm³/mol. The average molecular weight is 861 g/mol. The van der Waals surface area contributed by atoms with E-state index < -0.39 is 0 Å². The van der Waals surface area contributed by atoms with Crippen LogP contribution in [0, 0.1) is 18.5 Å². The van der Waals surface area contributed by atoms with Crippen LogP contribution in [0.1, 0.15) is 0 Å². The first kappa shape index (κ1) is 31.4. The van der Waals surface area contributed by atoms with Crippen LogP contribution in [0.4, 0.5) is 0 Å². The molecular formula is C45H28IrN6O+. The number of aromatic nitrogens is 6. The molecule has 6 aromatic carbocycles. The molecule has 0 aliphatic carbocycles. The Balaban J connectivity index is 0.000000173. The number of rotatable bonds is 2. The van der Waals surface area contributed by atoms with Crippen LogP contribution in [0.25, 0.3) is 99.3 Å². The number of fused-ring (bicyclic) bond motifs is 12. The second-order valence-corrected chi connectivity index (χ2v) is 13.2. The summed E-state index contributed by atoms with van der Waals surface area (Å²) >= 11 is 0. The number of aryl methyl sites for hydroxylation is 2. The summed E-state index contributed by atoms with van der Waals surface area (Å²) in [6.07, 6.45) is 5.18. The molecule has 0 fully saturated rings. The van der Waals surface area contributed by atoms with Crippen LogP contribution in [0.2, 0.25) is 0 Å². The summed E-state index contributed by atoms with van der Waals surface area (Å²) in [5.74, 6) is 0.848. The molecule has 0 aliphatic heterocycles. The van der Waals surface area contributed by atoms with E-state index in [1.165, 1.54) is 10.9 Å². The summed E-state index contributed by atoms with van der Waals surface area (Å²) in [7, 11) is 4.05. The van der Waals surface area contributed by atoms with E-state index in [4.69, 9.17) is 14.4 Å². The summed E-state index contributed by atoms with van der Waals surface area (Å²) in [6.45, 7) is 0. The maximum absolute atomic E-state index is 6.76. The SMILES string of the molecule is C[n+]1[c-]n(-c2[c-]cccc2)c2ccccc21.Cn1c(-c2[c-]ccc3c2oc2c3ccc3c2c2ccnc4c5ccccc5n3c24)nc2ccccc21.[Ir+3]. The van der Waals surface area contributed by atoms with Gasteiger partial charge in [0.05, 0.1) is 68.0 Å². The third kappa shape index (κ3) is 4.46. The summed E-state index contributed by atoms with van der Waals surface area (Å²) in [4.78, 5) is 9.68. The van der Waals surface area contributed by atoms with Gasteiger partial charge in [0, 0.05) is 29.4 Å². The molecule has 0 N–H and O–H groups in total. The second-order valence-electron chi connectivity index (χ2n) is 13.2. The Hall–Kier alpha value is -6.34. The molecule has 252 valence electrons. The molecule has 8 heteroatoms. The molecule has 53 heavy (non-hydrogen) atoms. The van der Waals surface area contributed by atoms with Crippen LogP contribution in [0.5, 0.6) is 0 Å². The van der Waals surface area contributed by atoms with Crippen molar-refractivity contribution < 1.29 is 29.1 Å². The number of pyridine rings is 1. The van der Waals surface area contributed by atoms with E-state index in [1.54, 1.807) is 0 Å². The van der Waals surface area contributed by atoms with Crippen molar-refractivity contribution in [3.05, 3.63) is 152 Å². The fourth-order valence-electron chi connectivity index (χ4n) is 8.00. The van der Waals surface area contributed by atoms with Crippen LogP contribution in [-0.4, -0.2) is 23.5 Å². The Morgan fingerprint density at radius 2 is 1.43 bits per heavy atom. The molecular weight excluding hydrogens is 833 g/mol. The minimum Gasteiger partial charge on any atom is -0.500 e. The molecule has 0 atom stereocenters. The molecule has 0 aliphatic rings. The number of furan rings is 1. The van der Waals surface area contributed by atoms with Crippen molar-refractivity contribution in [3.8, 4) is 17.1 Å². The van der Waals surface area contributed by atoms with E-state index in [-0.39, 0.29) is 20.1 Å². The molecule has 0 saturated heterocycles. The van der Waals surface area contributed by atoms with Gasteiger partial charge < -0.3 is 22.5 Å². The molecule has 6 aromatic heterocycles. The average Bonchev–Trinajstić information content (AvgIpc) is 4.00. The van der Waals surface area contributed by atoms with E-state index >= 15 is 0 Å². The third-order valence-corrected chi connectivity index (χ3v) is 10.3. The van der Waals surface area contributed by atoms with E-state index in [0.717, 1.165) is 88.4 Å². The van der Waals surface area contributed by atoms with Crippen molar-refractivity contribution in [2.24, 2.45) is 14.1 Å². The van der Waals surface area contributed by atoms with Gasteiger partial charge in [0.15, 0.2) is 0 Å². The Bertz CT molecular complexity index is 3330. The van der Waals surface area contributed by atoms with Gasteiger partial charge in [-0.15, -0.1) is 18.2 Å². The molecule has 0 unspecified atom stereocenters. The van der Waals surface area contributed by atoms with E-state index in [0.29, 0.717) is 0 Å². The number of para-hydroxylation sites is 6. The van der Waals surface area contributed by atoms with Crippen molar-refractivity contribution in [3.63, 3.8) is 0 Å². The van der Waals surface area contributed by atoms with E-state index in [9.17, 15) is 0 Å². The Morgan fingerprint density at radius 3 is 2.28 bits per heavy atom. The molecule has 12 aromatic rings. The first-order valence-electron chi connectivity index (χ1n) is 17.2. The Labute approximate surface area is 316 Å². The third-order valence-electron chi connectivity index (χ3n) is 10.3. The smallest absolute Gasteiger partial charge is 0.500 e. The quantitative estimate of drug-likeness (QED) is 0.129. The number of imidazole rings is 2. The van der Waals surface area contributed by atoms with E-state index in [2.05, 4.69) is 94.2 Å². The van der Waals surface area contributed by atoms with E-state index in [1.807, 2.05) is 90.1 Å². The summed E-state index contributed by atoms with van der Waals surface area (Å²) in [5.41, 5.74) is 12.4. The fraction of sp³-hybridized carbons (Fsp3) is 0.0444. The van der Waals surface area contributed by atoms with Gasteiger partial charge in [-0.05, 0) is 30.3 Å². The van der Waals surface area contributed by atoms with Gasteiger partial charge in [-0.25, -0.2) is 0 Å². The Morgan fingerprint density at radius 1 is 0.660 bits per heavy atom. The van der Waals surface area contributed by atoms with Gasteiger partial charge >= 0.3 is 20.1 Å². The van der Waals surface area contributed by atoms with Crippen molar-refractivity contribution in [1.82, 2.24) is 23.5 Å². The van der Waals surface area contributed by atoms with Crippen molar-refractivity contribution >= 4 is 82.2 Å². The van der Waals surface area contributed by atoms with Gasteiger partial charge in [0.2, 0.25) is 6.33 Å². The molecule has 0 spiro atoms. The topological polar surface area (TPSA) is 57.1 Å². The zero-order valence-corrected chi connectivity index (χ0v) is 31.0. The van der Waals surface area contributed by atoms with Crippen molar-refractivity contribution in [1.29, 1.82) is 0 Å². The van der Waals surface area contributed by atoms with Crippen LogP contribution >= 0.6 is 0 Å². The van der Waals surface area contributed by atoms with Gasteiger partial charge in [-0.1, -0.05) is 77.3 Å². The zero-order valence-electron chi connectivity index (χ0n) is 28.6. The fourth-order valence-corrected chi connectivity index (χ4v) is 8.00. The van der Waals surface area contributed by atoms with Crippen molar-refractivity contribution in [2.45, 2.75) is 0 Å². The van der Waals surface area contributed by atoms with Gasteiger partial charge in [0.25, 0.3) is 0 Å². The summed E-state index contributed by atoms with van der Waals surface area (Å²) in [5, 5.41) is 5.61. The minimum atomic E-state index is 0. The summed E-state index contributed by atoms with van der Waals surface area (Å²) < 4.78 is 15.2. The van der Waals surface area contributed by atoms with Crippen LogP contribution in [-0.2, 0) is 34.2 Å². The maximum Gasteiger partial charge on any atom is 3.00 e. The minimum absolute atomic E-state index is 0. The largest absolute Gasteiger partial charge is 3.00 e. The van der Waals surface area contributed by atoms with Crippen LogP contribution < -0.4 is 4.57 Å². The van der Waals surface area contributed by atoms with Crippen molar-refractivity contribution in [2.75, 3.05) is 0 Å². The zero-order chi connectivity index (χ0) is 34.5. The molecule has 12 rings (SSSR count). The first-order valence-corrected chi connectivity index (χ1v) is 17.2. The van der Waals surface area contributed by atoms with Crippen LogP contribution in [0.15, 0.2) is 138 Å². The Kier molecular flexibility index (Phi) is 7.02. The predicted octanol–water partition coefficient (Wildman–Crippen LogP) is 9.54.